The average molecular weight is 414 g/mol. The molecule has 0 fully saturated rings. The number of nitrogens with zero attached hydrogens (tertiary/aromatic N) is 1. The van der Waals surface area contributed by atoms with Crippen molar-refractivity contribution in [3.05, 3.63) is 24.4 Å². The molecule has 1 nitrogen and oxygen atoms in total. The van der Waals surface area contributed by atoms with Gasteiger partial charge in [0, 0.05) is 0 Å². The van der Waals surface area contributed by atoms with E-state index >= 15 is 0 Å². The molecule has 0 bridgehead atoms. The first-order chi connectivity index (χ1) is 10.7. The van der Waals surface area contributed by atoms with Crippen LogP contribution in [0.2, 0.25) is 13.3 Å². The van der Waals surface area contributed by atoms with Crippen LogP contribution in [0.25, 0.3) is 0 Å². The molecular weight excluding hydrogens is 373 g/mol. The van der Waals surface area contributed by atoms with Crippen molar-refractivity contribution >= 4 is 18.4 Å². The summed E-state index contributed by atoms with van der Waals surface area (Å²) < 4.78 is 5.69. The van der Waals surface area contributed by atoms with Gasteiger partial charge in [0.2, 0.25) is 0 Å². The Bertz CT molecular complexity index is 301. The van der Waals surface area contributed by atoms with Gasteiger partial charge in [-0.25, -0.2) is 0 Å². The van der Waals surface area contributed by atoms with Gasteiger partial charge in [-0.2, -0.15) is 0 Å². The summed E-state index contributed by atoms with van der Waals surface area (Å²) in [6, 6.07) is 0. The number of rotatable bonds is 9. The summed E-state index contributed by atoms with van der Waals surface area (Å²) in [5, 5.41) is 0. The van der Waals surface area contributed by atoms with E-state index in [0.717, 1.165) is 4.06 Å². The van der Waals surface area contributed by atoms with E-state index in [1.165, 1.54) is 38.5 Å². The fraction of sp³-hybridized carbons (Fsp3) is 0.800. The number of hydrogen-bond donors (Lipinski definition) is 0. The Balaban J connectivity index is 0.00000211. The fourth-order valence-electron chi connectivity index (χ4n) is 3.85. The van der Waals surface area contributed by atoms with Gasteiger partial charge in [0.1, 0.15) is 0 Å². The van der Waals surface area contributed by atoms with Gasteiger partial charge in [-0.1, -0.05) is 13.8 Å². The molecule has 1 aliphatic rings. The molecule has 0 saturated heterocycles. The van der Waals surface area contributed by atoms with Crippen molar-refractivity contribution in [2.24, 2.45) is 0 Å². The van der Waals surface area contributed by atoms with Crippen LogP contribution in [0.5, 0.6) is 0 Å². The minimum atomic E-state index is -2.09. The standard InChI is InChI=1S/C7H10N.2C4H9.C3H7.C2H6.Sn/c1-8-6-4-2-3-5-7-8;2*1-3-4-2;1-3-2;1-2;/h2-4,6-7H,5H2,1H3;2*1,3-4H2,2H3;1,3H2,2H3;1-2H3;. The van der Waals surface area contributed by atoms with Crippen LogP contribution in [-0.4, -0.2) is 34.4 Å². The van der Waals surface area contributed by atoms with E-state index in [2.05, 4.69) is 57.1 Å². The number of allylic oxidation sites excluding steroid dienone is 2. The topological polar surface area (TPSA) is 3.24 Å². The van der Waals surface area contributed by atoms with Crippen LogP contribution >= 0.6 is 0 Å². The van der Waals surface area contributed by atoms with Crippen LogP contribution in [0.15, 0.2) is 24.4 Å². The Morgan fingerprint density at radius 3 is 2.00 bits per heavy atom. The molecule has 0 radical (unpaired) electrons. The molecule has 1 heterocycles. The quantitative estimate of drug-likeness (QED) is 0.376. The second kappa shape index (κ2) is 13.5. The van der Waals surface area contributed by atoms with Gasteiger partial charge in [-0.3, -0.25) is 0 Å². The molecule has 0 aliphatic carbocycles. The predicted molar refractivity (Wildman–Crippen MR) is 106 cm³/mol. The summed E-state index contributed by atoms with van der Waals surface area (Å²) in [5.41, 5.74) is 0. The van der Waals surface area contributed by atoms with E-state index in [1.54, 1.807) is 13.3 Å². The first-order valence-corrected chi connectivity index (χ1v) is 17.5. The van der Waals surface area contributed by atoms with Crippen molar-refractivity contribution in [1.82, 2.24) is 4.90 Å². The summed E-state index contributed by atoms with van der Waals surface area (Å²) in [7, 11) is 2.33. The van der Waals surface area contributed by atoms with Crippen LogP contribution in [0.4, 0.5) is 0 Å². The van der Waals surface area contributed by atoms with Gasteiger partial charge >= 0.3 is 131 Å². The summed E-state index contributed by atoms with van der Waals surface area (Å²) >= 11 is -2.09. The molecule has 0 N–H and O–H groups in total. The zero-order chi connectivity index (χ0) is 16.8. The van der Waals surface area contributed by atoms with Crippen LogP contribution in [0.3, 0.4) is 0 Å². The molecule has 0 saturated carbocycles. The second-order valence-electron chi connectivity index (χ2n) is 6.51. The molecule has 0 spiro atoms. The van der Waals surface area contributed by atoms with Gasteiger partial charge in [0.25, 0.3) is 0 Å². The average Bonchev–Trinajstić information content (AvgIpc) is 2.77. The Kier molecular flexibility index (Phi) is 13.6. The maximum atomic E-state index is 2.58. The van der Waals surface area contributed by atoms with Crippen molar-refractivity contribution in [1.29, 1.82) is 0 Å². The minimum absolute atomic E-state index is 0.886. The van der Waals surface area contributed by atoms with E-state index in [1.807, 2.05) is 13.8 Å². The van der Waals surface area contributed by atoms with Crippen molar-refractivity contribution < 1.29 is 0 Å². The summed E-state index contributed by atoms with van der Waals surface area (Å²) in [6.45, 7) is 11.1. The molecule has 22 heavy (non-hydrogen) atoms. The van der Waals surface area contributed by atoms with Crippen molar-refractivity contribution in [3.63, 3.8) is 0 Å². The summed E-state index contributed by atoms with van der Waals surface area (Å²) in [6.07, 6.45) is 17.6. The van der Waals surface area contributed by atoms with E-state index in [-0.39, 0.29) is 0 Å². The Hall–Kier alpha value is 0.0787. The SMILES string of the molecule is CC.CCC[CH2][Sn]([CH2]CC)([CH2]CCC)[CH]1CC=CC=CN1C. The molecule has 130 valence electrons. The van der Waals surface area contributed by atoms with Gasteiger partial charge in [0.05, 0.1) is 0 Å². The van der Waals surface area contributed by atoms with Crippen molar-refractivity contribution in [2.75, 3.05) is 7.05 Å². The third-order valence-electron chi connectivity index (χ3n) is 4.93. The van der Waals surface area contributed by atoms with Gasteiger partial charge < -0.3 is 0 Å². The zero-order valence-corrected chi connectivity index (χ0v) is 19.1. The van der Waals surface area contributed by atoms with Crippen LogP contribution in [0.1, 0.15) is 73.1 Å². The first-order valence-electron chi connectivity index (χ1n) is 9.75. The molecule has 0 amide bonds. The maximum absolute atomic E-state index is 2.58. The Morgan fingerprint density at radius 2 is 1.50 bits per heavy atom. The molecule has 0 aromatic heterocycles. The van der Waals surface area contributed by atoms with E-state index < -0.39 is 18.4 Å². The number of hydrogen-bond acceptors (Lipinski definition) is 1. The van der Waals surface area contributed by atoms with E-state index in [9.17, 15) is 0 Å². The van der Waals surface area contributed by atoms with Gasteiger partial charge in [-0.15, -0.1) is 0 Å². The molecule has 1 rings (SSSR count). The molecule has 0 aromatic carbocycles. The molecular formula is C20H41NSn. The van der Waals surface area contributed by atoms with Crippen LogP contribution in [0, 0.1) is 0 Å². The Labute approximate surface area is 145 Å². The third kappa shape index (κ3) is 7.10. The Morgan fingerprint density at radius 1 is 0.909 bits per heavy atom. The molecule has 2 heteroatoms. The summed E-state index contributed by atoms with van der Waals surface area (Å²) in [4.78, 5) is 2.58. The summed E-state index contributed by atoms with van der Waals surface area (Å²) in [5.74, 6) is 0. The molecule has 0 aromatic rings. The molecule has 1 unspecified atom stereocenters. The third-order valence-corrected chi connectivity index (χ3v) is 22.8. The number of unbranched alkanes of at least 4 members (excludes halogenated alkanes) is 2. The van der Waals surface area contributed by atoms with Crippen molar-refractivity contribution in [3.8, 4) is 0 Å². The fourth-order valence-corrected chi connectivity index (χ4v) is 22.3. The van der Waals surface area contributed by atoms with Gasteiger partial charge in [-0.05, 0) is 0 Å². The zero-order valence-electron chi connectivity index (χ0n) is 16.2. The van der Waals surface area contributed by atoms with Crippen LogP contribution < -0.4 is 0 Å². The van der Waals surface area contributed by atoms with Crippen LogP contribution in [-0.2, 0) is 0 Å². The normalized spacial score (nSPS) is 17.9. The molecule has 1 aliphatic heterocycles. The van der Waals surface area contributed by atoms with E-state index in [4.69, 9.17) is 0 Å². The second-order valence-corrected chi connectivity index (χ2v) is 20.5. The van der Waals surface area contributed by atoms with Gasteiger partial charge in [0.15, 0.2) is 0 Å². The first kappa shape index (κ1) is 22.1. The van der Waals surface area contributed by atoms with E-state index in [0.29, 0.717) is 0 Å². The molecule has 1 atom stereocenters. The van der Waals surface area contributed by atoms with Crippen molar-refractivity contribution in [2.45, 2.75) is 90.5 Å². The predicted octanol–water partition coefficient (Wildman–Crippen LogP) is 6.78. The monoisotopic (exact) mass is 415 g/mol.